The van der Waals surface area contributed by atoms with Gasteiger partial charge in [-0.1, -0.05) is 54.2 Å². The summed E-state index contributed by atoms with van der Waals surface area (Å²) >= 11 is 1.68. The maximum atomic E-state index is 10.7. The Kier molecular flexibility index (Phi) is 5.25. The number of benzene rings is 3. The maximum Gasteiger partial charge on any atom is 0.269 e. The Balaban J connectivity index is 1.34. The average Bonchev–Trinajstić information content (AvgIpc) is 3.24. The van der Waals surface area contributed by atoms with E-state index in [9.17, 15) is 10.1 Å². The Bertz CT molecular complexity index is 990. The minimum Gasteiger partial charge on any atom is -0.489 e. The highest BCUT2D eigenvalue weighted by Gasteiger charge is 2.21. The molecule has 1 aliphatic heterocycles. The van der Waals surface area contributed by atoms with Crippen molar-refractivity contribution in [1.29, 1.82) is 0 Å². The zero-order valence-corrected chi connectivity index (χ0v) is 15.6. The van der Waals surface area contributed by atoms with E-state index < -0.39 is 4.92 Å². The summed E-state index contributed by atoms with van der Waals surface area (Å²) in [5.74, 6) is 0.745. The first-order valence-electron chi connectivity index (χ1n) is 8.70. The van der Waals surface area contributed by atoms with Crippen LogP contribution in [0.5, 0.6) is 5.75 Å². The van der Waals surface area contributed by atoms with Gasteiger partial charge in [0.2, 0.25) is 0 Å². The van der Waals surface area contributed by atoms with Gasteiger partial charge in [-0.05, 0) is 35.4 Å². The second-order valence-electron chi connectivity index (χ2n) is 6.19. The second-order valence-corrected chi connectivity index (χ2v) is 7.29. The minimum absolute atomic E-state index is 0.0685. The van der Waals surface area contributed by atoms with Crippen LogP contribution in [0.15, 0.2) is 84.0 Å². The predicted molar refractivity (Wildman–Crippen MR) is 110 cm³/mol. The van der Waals surface area contributed by atoms with E-state index in [2.05, 4.69) is 10.5 Å². The van der Waals surface area contributed by atoms with Crippen molar-refractivity contribution in [3.63, 3.8) is 0 Å². The van der Waals surface area contributed by atoms with Gasteiger partial charge in [-0.2, -0.15) is 5.10 Å². The fourth-order valence-corrected chi connectivity index (χ4v) is 3.76. The second kappa shape index (κ2) is 8.14. The minimum atomic E-state index is -0.411. The van der Waals surface area contributed by atoms with Crippen molar-refractivity contribution in [2.45, 2.75) is 12.0 Å². The highest BCUT2D eigenvalue weighted by atomic mass is 32.2. The molecule has 28 heavy (non-hydrogen) atoms. The Morgan fingerprint density at radius 2 is 1.71 bits per heavy atom. The van der Waals surface area contributed by atoms with E-state index in [-0.39, 0.29) is 11.1 Å². The number of nitrogens with one attached hydrogen (secondary N) is 1. The van der Waals surface area contributed by atoms with Crippen LogP contribution in [-0.2, 0) is 6.61 Å². The lowest BCUT2D eigenvalue weighted by atomic mass is 10.2. The number of rotatable bonds is 6. The van der Waals surface area contributed by atoms with Crippen LogP contribution in [0.1, 0.15) is 22.1 Å². The number of ether oxygens (including phenoxy) is 1. The molecule has 4 rings (SSSR count). The largest absolute Gasteiger partial charge is 0.489 e. The van der Waals surface area contributed by atoms with Gasteiger partial charge in [-0.25, -0.2) is 0 Å². The van der Waals surface area contributed by atoms with Crippen molar-refractivity contribution < 1.29 is 9.66 Å². The van der Waals surface area contributed by atoms with Crippen molar-refractivity contribution in [3.05, 3.63) is 106 Å². The van der Waals surface area contributed by atoms with Gasteiger partial charge in [0, 0.05) is 17.7 Å². The molecule has 0 aliphatic carbocycles. The van der Waals surface area contributed by atoms with E-state index in [1.807, 2.05) is 54.6 Å². The Morgan fingerprint density at radius 1 is 1.00 bits per heavy atom. The number of non-ortho nitro benzene ring substituents is 1. The molecule has 1 aliphatic rings. The first-order valence-corrected chi connectivity index (χ1v) is 9.58. The standard InChI is InChI=1S/C21H17N3O3S/c25-24(26)18-10-6-15(7-11-18)14-27-19-12-8-17(9-13-19)21-23-22-20(28-21)16-4-2-1-3-5-16/h1-13,21,23H,14H2/t21-/m1/s1. The van der Waals surface area contributed by atoms with Crippen molar-refractivity contribution in [2.75, 3.05) is 0 Å². The van der Waals surface area contributed by atoms with E-state index in [1.165, 1.54) is 12.1 Å². The summed E-state index contributed by atoms with van der Waals surface area (Å²) in [4.78, 5) is 10.3. The summed E-state index contributed by atoms with van der Waals surface area (Å²) < 4.78 is 5.77. The third-order valence-electron chi connectivity index (χ3n) is 4.27. The third-order valence-corrected chi connectivity index (χ3v) is 5.43. The summed E-state index contributed by atoms with van der Waals surface area (Å²) in [6.07, 6.45) is 0. The summed E-state index contributed by atoms with van der Waals surface area (Å²) in [5.41, 5.74) is 6.34. The van der Waals surface area contributed by atoms with E-state index in [4.69, 9.17) is 4.74 Å². The molecule has 0 saturated carbocycles. The zero-order chi connectivity index (χ0) is 19.3. The number of hydrogen-bond donors (Lipinski definition) is 1. The number of nitro groups is 1. The Labute approximate surface area is 166 Å². The quantitative estimate of drug-likeness (QED) is 0.479. The van der Waals surface area contributed by atoms with E-state index in [0.717, 1.165) is 27.5 Å². The van der Waals surface area contributed by atoms with Crippen LogP contribution in [0.2, 0.25) is 0 Å². The molecule has 1 N–H and O–H groups in total. The van der Waals surface area contributed by atoms with Crippen LogP contribution in [0.3, 0.4) is 0 Å². The monoisotopic (exact) mass is 391 g/mol. The molecule has 6 nitrogen and oxygen atoms in total. The molecule has 7 heteroatoms. The van der Waals surface area contributed by atoms with Gasteiger partial charge in [-0.3, -0.25) is 15.5 Å². The predicted octanol–water partition coefficient (Wildman–Crippen LogP) is 4.87. The van der Waals surface area contributed by atoms with E-state index >= 15 is 0 Å². The summed E-state index contributed by atoms with van der Waals surface area (Å²) in [6.45, 7) is 0.356. The molecule has 1 heterocycles. The van der Waals surface area contributed by atoms with Crippen molar-refractivity contribution >= 4 is 22.5 Å². The lowest BCUT2D eigenvalue weighted by molar-refractivity contribution is -0.384. The smallest absolute Gasteiger partial charge is 0.269 e. The molecular weight excluding hydrogens is 374 g/mol. The van der Waals surface area contributed by atoms with Gasteiger partial charge in [0.1, 0.15) is 22.8 Å². The number of hydrogen-bond acceptors (Lipinski definition) is 6. The topological polar surface area (TPSA) is 76.8 Å². The van der Waals surface area contributed by atoms with Crippen LogP contribution >= 0.6 is 11.8 Å². The van der Waals surface area contributed by atoms with Crippen LogP contribution < -0.4 is 10.2 Å². The maximum absolute atomic E-state index is 10.7. The lowest BCUT2D eigenvalue weighted by Gasteiger charge is -2.11. The van der Waals surface area contributed by atoms with Gasteiger partial charge >= 0.3 is 0 Å². The summed E-state index contributed by atoms with van der Waals surface area (Å²) in [5, 5.41) is 16.2. The molecule has 140 valence electrons. The van der Waals surface area contributed by atoms with Crippen molar-refractivity contribution in [1.82, 2.24) is 5.43 Å². The molecule has 0 fully saturated rings. The van der Waals surface area contributed by atoms with E-state index in [1.54, 1.807) is 23.9 Å². The molecule has 3 aromatic carbocycles. The van der Waals surface area contributed by atoms with Gasteiger partial charge < -0.3 is 4.74 Å². The summed E-state index contributed by atoms with van der Waals surface area (Å²) in [6, 6.07) is 24.3. The first kappa shape index (κ1) is 18.1. The molecule has 0 radical (unpaired) electrons. The van der Waals surface area contributed by atoms with Gasteiger partial charge in [0.05, 0.1) is 4.92 Å². The highest BCUT2D eigenvalue weighted by Crippen LogP contribution is 2.34. The van der Waals surface area contributed by atoms with Gasteiger partial charge in [0.15, 0.2) is 0 Å². The fraction of sp³-hybridized carbons (Fsp3) is 0.0952. The summed E-state index contributed by atoms with van der Waals surface area (Å²) in [7, 11) is 0. The molecule has 0 aromatic heterocycles. The van der Waals surface area contributed by atoms with Crippen LogP contribution in [0.4, 0.5) is 5.69 Å². The third kappa shape index (κ3) is 4.15. The number of nitrogens with zero attached hydrogens (tertiary/aromatic N) is 2. The molecule has 0 bridgehead atoms. The van der Waals surface area contributed by atoms with Crippen molar-refractivity contribution in [3.8, 4) is 5.75 Å². The molecule has 0 unspecified atom stereocenters. The number of nitro benzene ring substituents is 1. The van der Waals surface area contributed by atoms with Crippen LogP contribution in [0.25, 0.3) is 0 Å². The van der Waals surface area contributed by atoms with Crippen LogP contribution in [0, 0.1) is 10.1 Å². The fourth-order valence-electron chi connectivity index (χ4n) is 2.76. The molecular formula is C21H17N3O3S. The lowest BCUT2D eigenvalue weighted by Crippen LogP contribution is -2.06. The molecule has 1 atom stereocenters. The van der Waals surface area contributed by atoms with Crippen LogP contribution in [-0.4, -0.2) is 9.97 Å². The number of hydrazone groups is 1. The van der Waals surface area contributed by atoms with Crippen molar-refractivity contribution in [2.24, 2.45) is 5.10 Å². The average molecular weight is 391 g/mol. The molecule has 0 saturated heterocycles. The molecule has 0 spiro atoms. The van der Waals surface area contributed by atoms with Gasteiger partial charge in [-0.15, -0.1) is 0 Å². The molecule has 3 aromatic rings. The Morgan fingerprint density at radius 3 is 2.39 bits per heavy atom. The number of thioether (sulfide) groups is 1. The first-order chi connectivity index (χ1) is 13.7. The van der Waals surface area contributed by atoms with E-state index in [0.29, 0.717) is 6.61 Å². The Hall–Kier alpha value is -3.32. The SMILES string of the molecule is O=[N+]([O-])c1ccc(COc2ccc([C@@H]3NN=C(c4ccccc4)S3)cc2)cc1. The highest BCUT2D eigenvalue weighted by molar-refractivity contribution is 8.14. The van der Waals surface area contributed by atoms with Gasteiger partial charge in [0.25, 0.3) is 5.69 Å². The molecule has 0 amide bonds. The normalized spacial score (nSPS) is 15.6. The zero-order valence-electron chi connectivity index (χ0n) is 14.8.